The average Bonchev–Trinajstić information content (AvgIpc) is 2.54. The zero-order valence-corrected chi connectivity index (χ0v) is 10.6. The number of halogens is 1. The van der Waals surface area contributed by atoms with Gasteiger partial charge in [-0.2, -0.15) is 0 Å². The Bertz CT molecular complexity index is 610. The van der Waals surface area contributed by atoms with Gasteiger partial charge in [0.05, 0.1) is 0 Å². The van der Waals surface area contributed by atoms with Gasteiger partial charge < -0.3 is 0 Å². The summed E-state index contributed by atoms with van der Waals surface area (Å²) < 4.78 is 4.19. The molecule has 0 saturated heterocycles. The van der Waals surface area contributed by atoms with Crippen molar-refractivity contribution in [3.05, 3.63) is 46.9 Å². The monoisotopic (exact) mass is 310 g/mol. The van der Waals surface area contributed by atoms with Crippen molar-refractivity contribution in [3.63, 3.8) is 0 Å². The molecule has 2 aromatic carbocycles. The van der Waals surface area contributed by atoms with E-state index in [1.165, 1.54) is 23.8 Å². The molecule has 0 radical (unpaired) electrons. The van der Waals surface area contributed by atoms with Crippen LogP contribution in [0.25, 0.3) is 19.3 Å². The van der Waals surface area contributed by atoms with E-state index >= 15 is 0 Å². The fourth-order valence-electron chi connectivity index (χ4n) is 1.70. The summed E-state index contributed by atoms with van der Waals surface area (Å²) in [7, 11) is 0. The third-order valence-corrected chi connectivity index (χ3v) is 5.21. The molecule has 0 fully saturated rings. The molecule has 0 spiro atoms. The molecule has 68 valence electrons. The van der Waals surface area contributed by atoms with E-state index < -0.39 is 0 Å². The first-order valence-electron chi connectivity index (χ1n) is 4.41. The van der Waals surface area contributed by atoms with Crippen LogP contribution in [0.15, 0.2) is 46.9 Å². The standard InChI is InChI=1S/C12H7BrSe/c13-8-5-6-10-9-3-1-2-4-11(9)14-12(10)7-8/h1-7H. The summed E-state index contributed by atoms with van der Waals surface area (Å²) in [6.07, 6.45) is 0. The van der Waals surface area contributed by atoms with Crippen LogP contribution < -0.4 is 0 Å². The van der Waals surface area contributed by atoms with Gasteiger partial charge in [-0.25, -0.2) is 0 Å². The van der Waals surface area contributed by atoms with Gasteiger partial charge in [-0.3, -0.25) is 0 Å². The van der Waals surface area contributed by atoms with Gasteiger partial charge in [-0.15, -0.1) is 0 Å². The maximum absolute atomic E-state index is 3.52. The normalized spacial score (nSPS) is 11.2. The van der Waals surface area contributed by atoms with E-state index in [1.807, 2.05) is 0 Å². The van der Waals surface area contributed by atoms with Gasteiger partial charge in [0, 0.05) is 0 Å². The fraction of sp³-hybridized carbons (Fsp3) is 0. The Morgan fingerprint density at radius 3 is 2.57 bits per heavy atom. The zero-order valence-electron chi connectivity index (χ0n) is 7.33. The zero-order chi connectivity index (χ0) is 9.54. The molecule has 1 heterocycles. The predicted molar refractivity (Wildman–Crippen MR) is 66.1 cm³/mol. The fourth-order valence-corrected chi connectivity index (χ4v) is 4.80. The molecule has 0 atom stereocenters. The van der Waals surface area contributed by atoms with Gasteiger partial charge in [0.1, 0.15) is 0 Å². The molecule has 14 heavy (non-hydrogen) atoms. The van der Waals surface area contributed by atoms with Crippen molar-refractivity contribution in [1.82, 2.24) is 0 Å². The van der Waals surface area contributed by atoms with E-state index in [1.54, 1.807) is 0 Å². The van der Waals surface area contributed by atoms with Crippen LogP contribution in [0.3, 0.4) is 0 Å². The van der Waals surface area contributed by atoms with Crippen LogP contribution in [0.2, 0.25) is 0 Å². The predicted octanol–water partition coefficient (Wildman–Crippen LogP) is 3.81. The van der Waals surface area contributed by atoms with Crippen molar-refractivity contribution >= 4 is 49.7 Å². The summed E-state index contributed by atoms with van der Waals surface area (Å²) in [5.41, 5.74) is 0. The van der Waals surface area contributed by atoms with E-state index in [-0.39, 0.29) is 0 Å². The van der Waals surface area contributed by atoms with Crippen molar-refractivity contribution in [3.8, 4) is 0 Å². The Morgan fingerprint density at radius 2 is 1.64 bits per heavy atom. The van der Waals surface area contributed by atoms with Crippen LogP contribution in [0, 0.1) is 0 Å². The first kappa shape index (κ1) is 8.72. The number of benzene rings is 2. The average molecular weight is 310 g/mol. The van der Waals surface area contributed by atoms with Gasteiger partial charge in [-0.1, -0.05) is 0 Å². The number of hydrogen-bond donors (Lipinski definition) is 0. The van der Waals surface area contributed by atoms with Crippen LogP contribution >= 0.6 is 15.9 Å². The molecule has 0 aliphatic rings. The van der Waals surface area contributed by atoms with E-state index in [9.17, 15) is 0 Å². The van der Waals surface area contributed by atoms with Crippen LogP contribution in [-0.2, 0) is 0 Å². The quantitative estimate of drug-likeness (QED) is 0.554. The second-order valence-electron chi connectivity index (χ2n) is 3.24. The van der Waals surface area contributed by atoms with Crippen molar-refractivity contribution in [2.45, 2.75) is 0 Å². The molecule has 0 aliphatic heterocycles. The Kier molecular flexibility index (Phi) is 2.01. The molecule has 0 amide bonds. The SMILES string of the molecule is Brc1ccc2c(c1)[se]c1ccccc12. The molecule has 0 nitrogen and oxygen atoms in total. The van der Waals surface area contributed by atoms with Gasteiger partial charge >= 0.3 is 96.7 Å². The van der Waals surface area contributed by atoms with Gasteiger partial charge in [-0.05, 0) is 0 Å². The molecule has 0 N–H and O–H groups in total. The van der Waals surface area contributed by atoms with Crippen LogP contribution in [-0.4, -0.2) is 14.5 Å². The molecular formula is C12H7BrSe. The molecule has 1 aromatic heterocycles. The minimum absolute atomic E-state index is 0.496. The summed E-state index contributed by atoms with van der Waals surface area (Å²) in [6.45, 7) is 0. The summed E-state index contributed by atoms with van der Waals surface area (Å²) in [4.78, 5) is 0. The summed E-state index contributed by atoms with van der Waals surface area (Å²) >= 11 is 4.02. The van der Waals surface area contributed by atoms with Crippen molar-refractivity contribution in [1.29, 1.82) is 0 Å². The number of fused-ring (bicyclic) bond motifs is 3. The first-order chi connectivity index (χ1) is 6.84. The van der Waals surface area contributed by atoms with E-state index in [0.29, 0.717) is 14.5 Å². The molecule has 3 aromatic rings. The van der Waals surface area contributed by atoms with Gasteiger partial charge in [0.15, 0.2) is 0 Å². The Labute approximate surface area is 96.4 Å². The minimum atomic E-state index is 0.496. The molecular weight excluding hydrogens is 303 g/mol. The second kappa shape index (κ2) is 3.23. The number of hydrogen-bond acceptors (Lipinski definition) is 0. The third-order valence-electron chi connectivity index (χ3n) is 2.34. The van der Waals surface area contributed by atoms with Gasteiger partial charge in [0.2, 0.25) is 0 Å². The van der Waals surface area contributed by atoms with E-state index in [2.05, 4.69) is 58.4 Å². The second-order valence-corrected chi connectivity index (χ2v) is 6.43. The van der Waals surface area contributed by atoms with Crippen molar-refractivity contribution < 1.29 is 0 Å². The summed E-state index contributed by atoms with van der Waals surface area (Å²) in [5.74, 6) is 0. The van der Waals surface area contributed by atoms with E-state index in [4.69, 9.17) is 0 Å². The topological polar surface area (TPSA) is 0 Å². The summed E-state index contributed by atoms with van der Waals surface area (Å²) in [5, 5.41) is 2.85. The van der Waals surface area contributed by atoms with Crippen LogP contribution in [0.5, 0.6) is 0 Å². The van der Waals surface area contributed by atoms with Gasteiger partial charge in [0.25, 0.3) is 0 Å². The Morgan fingerprint density at radius 1 is 0.857 bits per heavy atom. The third kappa shape index (κ3) is 1.26. The van der Waals surface area contributed by atoms with Crippen molar-refractivity contribution in [2.24, 2.45) is 0 Å². The van der Waals surface area contributed by atoms with Crippen LogP contribution in [0.1, 0.15) is 0 Å². The molecule has 0 bridgehead atoms. The summed E-state index contributed by atoms with van der Waals surface area (Å²) in [6, 6.07) is 15.3. The molecule has 2 heteroatoms. The molecule has 0 saturated carbocycles. The van der Waals surface area contributed by atoms with E-state index in [0.717, 1.165) is 0 Å². The number of rotatable bonds is 0. The maximum atomic E-state index is 3.52. The Balaban J connectivity index is 2.57. The van der Waals surface area contributed by atoms with Crippen molar-refractivity contribution in [2.75, 3.05) is 0 Å². The Hall–Kier alpha value is -0.561. The first-order valence-corrected chi connectivity index (χ1v) is 6.92. The van der Waals surface area contributed by atoms with Crippen LogP contribution in [0.4, 0.5) is 0 Å². The molecule has 3 rings (SSSR count). The molecule has 0 aliphatic carbocycles. The molecule has 0 unspecified atom stereocenters.